The molecule has 0 atom stereocenters. The minimum Gasteiger partial charge on any atom is -0.493 e. The number of nitro benzene ring substituents is 1. The lowest BCUT2D eigenvalue weighted by Crippen LogP contribution is -2.27. The molecule has 4 rings (SSSR count). The van der Waals surface area contributed by atoms with Gasteiger partial charge in [-0.1, -0.05) is 6.07 Å². The fourth-order valence-corrected chi connectivity index (χ4v) is 3.81. The molecule has 1 aliphatic rings. The molecule has 2 aromatic carbocycles. The van der Waals surface area contributed by atoms with Gasteiger partial charge in [0, 0.05) is 12.1 Å². The molecule has 0 bridgehead atoms. The molecule has 10 nitrogen and oxygen atoms in total. The van der Waals surface area contributed by atoms with Crippen LogP contribution in [0.25, 0.3) is 6.08 Å². The zero-order valence-electron chi connectivity index (χ0n) is 16.9. The van der Waals surface area contributed by atoms with Gasteiger partial charge in [0.2, 0.25) is 5.76 Å². The fourth-order valence-electron chi connectivity index (χ4n) is 2.97. The third-order valence-corrected chi connectivity index (χ3v) is 5.39. The lowest BCUT2D eigenvalue weighted by molar-refractivity contribution is -0.384. The van der Waals surface area contributed by atoms with Gasteiger partial charge in [-0.05, 0) is 59.8 Å². The highest BCUT2D eigenvalue weighted by Crippen LogP contribution is 2.37. The largest absolute Gasteiger partial charge is 0.493 e. The number of non-ortho nitro benzene ring substituents is 1. The highest BCUT2D eigenvalue weighted by Gasteiger charge is 2.36. The van der Waals surface area contributed by atoms with Gasteiger partial charge in [0.05, 0.1) is 28.9 Å². The van der Waals surface area contributed by atoms with Gasteiger partial charge in [-0.2, -0.15) is 0 Å². The normalized spacial score (nSPS) is 14.6. The molecule has 33 heavy (non-hydrogen) atoms. The van der Waals surface area contributed by atoms with Gasteiger partial charge in [-0.3, -0.25) is 19.7 Å². The Hall–Kier alpha value is -4.38. The maximum Gasteiger partial charge on any atom is 0.379 e. The van der Waals surface area contributed by atoms with Crippen LogP contribution < -0.4 is 14.4 Å². The third kappa shape index (κ3) is 4.48. The predicted molar refractivity (Wildman–Crippen MR) is 118 cm³/mol. The van der Waals surface area contributed by atoms with E-state index in [1.54, 1.807) is 18.2 Å². The van der Waals surface area contributed by atoms with Gasteiger partial charge in [0.1, 0.15) is 0 Å². The number of methoxy groups -OCH3 is 1. The minimum atomic E-state index is -0.699. The molecule has 1 aliphatic heterocycles. The zero-order valence-corrected chi connectivity index (χ0v) is 17.7. The van der Waals surface area contributed by atoms with Crippen LogP contribution >= 0.6 is 11.8 Å². The van der Waals surface area contributed by atoms with E-state index in [9.17, 15) is 24.5 Å². The zero-order chi connectivity index (χ0) is 23.5. The van der Waals surface area contributed by atoms with Crippen molar-refractivity contribution in [3.63, 3.8) is 0 Å². The number of nitro groups is 1. The van der Waals surface area contributed by atoms with E-state index in [2.05, 4.69) is 0 Å². The molecule has 2 amide bonds. The molecule has 2 heterocycles. The maximum atomic E-state index is 12.8. The molecule has 0 saturated carbocycles. The van der Waals surface area contributed by atoms with Crippen molar-refractivity contribution in [1.29, 1.82) is 0 Å². The number of anilines is 1. The van der Waals surface area contributed by atoms with Crippen LogP contribution in [0.3, 0.4) is 0 Å². The van der Waals surface area contributed by atoms with Gasteiger partial charge in [-0.15, -0.1) is 0 Å². The van der Waals surface area contributed by atoms with Gasteiger partial charge in [0.15, 0.2) is 11.5 Å². The van der Waals surface area contributed by atoms with Crippen molar-refractivity contribution < 1.29 is 33.2 Å². The van der Waals surface area contributed by atoms with Crippen molar-refractivity contribution in [2.24, 2.45) is 0 Å². The third-order valence-electron chi connectivity index (χ3n) is 4.52. The summed E-state index contributed by atoms with van der Waals surface area (Å²) in [6.07, 6.45) is 2.84. The Kier molecular flexibility index (Phi) is 5.96. The lowest BCUT2D eigenvalue weighted by atomic mass is 10.1. The van der Waals surface area contributed by atoms with E-state index in [4.69, 9.17) is 13.9 Å². The Balaban J connectivity index is 1.56. The highest BCUT2D eigenvalue weighted by molar-refractivity contribution is 8.19. The number of esters is 1. The molecule has 11 heteroatoms. The summed E-state index contributed by atoms with van der Waals surface area (Å²) in [5.74, 6) is -0.851. The first-order valence-electron chi connectivity index (χ1n) is 9.33. The van der Waals surface area contributed by atoms with Crippen molar-refractivity contribution >= 4 is 46.3 Å². The van der Waals surface area contributed by atoms with Crippen molar-refractivity contribution in [2.45, 2.75) is 0 Å². The number of hydrogen-bond acceptors (Lipinski definition) is 9. The number of amides is 2. The second-order valence-corrected chi connectivity index (χ2v) is 7.56. The second-order valence-electron chi connectivity index (χ2n) is 6.57. The molecule has 0 N–H and O–H groups in total. The predicted octanol–water partition coefficient (Wildman–Crippen LogP) is 4.66. The van der Waals surface area contributed by atoms with Crippen LogP contribution in [0.5, 0.6) is 11.5 Å². The molecular weight excluding hydrogens is 452 g/mol. The summed E-state index contributed by atoms with van der Waals surface area (Å²) < 4.78 is 15.6. The first kappa shape index (κ1) is 21.8. The number of carbonyl (C=O) groups excluding carboxylic acids is 3. The van der Waals surface area contributed by atoms with Crippen molar-refractivity contribution in [2.75, 3.05) is 12.0 Å². The first-order valence-corrected chi connectivity index (χ1v) is 10.1. The smallest absolute Gasteiger partial charge is 0.379 e. The maximum absolute atomic E-state index is 12.8. The number of hydrogen-bond donors (Lipinski definition) is 0. The Morgan fingerprint density at radius 1 is 1.12 bits per heavy atom. The van der Waals surface area contributed by atoms with Crippen molar-refractivity contribution in [3.05, 3.63) is 87.2 Å². The van der Waals surface area contributed by atoms with Crippen molar-refractivity contribution in [1.82, 2.24) is 0 Å². The van der Waals surface area contributed by atoms with Crippen LogP contribution in [-0.2, 0) is 4.79 Å². The number of thioether (sulfide) groups is 1. The van der Waals surface area contributed by atoms with E-state index >= 15 is 0 Å². The Morgan fingerprint density at radius 2 is 1.88 bits per heavy atom. The molecule has 1 fully saturated rings. The molecule has 0 unspecified atom stereocenters. The minimum absolute atomic E-state index is 0.0287. The van der Waals surface area contributed by atoms with E-state index in [0.29, 0.717) is 5.56 Å². The average Bonchev–Trinajstić information content (AvgIpc) is 3.43. The number of rotatable bonds is 6. The molecule has 1 saturated heterocycles. The number of carbonyl (C=O) groups is 3. The SMILES string of the molecule is COc1cc(/C=C2/SC(=O)N(c3ccc([N+](=O)[O-])cc3)C2=O)ccc1OC(=O)c1ccco1. The molecule has 0 radical (unpaired) electrons. The van der Waals surface area contributed by atoms with Gasteiger partial charge >= 0.3 is 5.97 Å². The number of benzene rings is 2. The van der Waals surface area contributed by atoms with Crippen LogP contribution in [0, 0.1) is 10.1 Å². The van der Waals surface area contributed by atoms with Crippen LogP contribution in [0.15, 0.2) is 70.2 Å². The summed E-state index contributed by atoms with van der Waals surface area (Å²) in [6, 6.07) is 12.8. The summed E-state index contributed by atoms with van der Waals surface area (Å²) in [7, 11) is 1.39. The standard InChI is InChI=1S/C22H14N2O8S/c1-30-18-11-13(4-9-16(18)32-21(26)17-3-2-10-31-17)12-19-20(25)23(22(27)33-19)14-5-7-15(8-6-14)24(28)29/h2-12H,1H3/b19-12+. The molecular formula is C22H14N2O8S. The molecule has 0 spiro atoms. The van der Waals surface area contributed by atoms with Crippen LogP contribution in [0.1, 0.15) is 16.1 Å². The van der Waals surface area contributed by atoms with E-state index in [1.165, 1.54) is 55.8 Å². The topological polar surface area (TPSA) is 129 Å². The summed E-state index contributed by atoms with van der Waals surface area (Å²) in [4.78, 5) is 48.7. The molecule has 3 aromatic rings. The lowest BCUT2D eigenvalue weighted by Gasteiger charge is -2.12. The Bertz CT molecular complexity index is 1280. The first-order chi connectivity index (χ1) is 15.9. The van der Waals surface area contributed by atoms with Gasteiger partial charge < -0.3 is 13.9 Å². The van der Waals surface area contributed by atoms with E-state index < -0.39 is 22.0 Å². The summed E-state index contributed by atoms with van der Waals surface area (Å²) in [6.45, 7) is 0. The van der Waals surface area contributed by atoms with Gasteiger partial charge in [0.25, 0.3) is 16.8 Å². The van der Waals surface area contributed by atoms with E-state index in [0.717, 1.165) is 16.7 Å². The number of furan rings is 1. The number of imide groups is 1. The van der Waals surface area contributed by atoms with Gasteiger partial charge in [-0.25, -0.2) is 9.69 Å². The molecule has 1 aromatic heterocycles. The average molecular weight is 466 g/mol. The van der Waals surface area contributed by atoms with Crippen LogP contribution in [-0.4, -0.2) is 29.1 Å². The summed E-state index contributed by atoms with van der Waals surface area (Å²) in [5, 5.41) is 10.3. The van der Waals surface area contributed by atoms with E-state index in [1.807, 2.05) is 0 Å². The van der Waals surface area contributed by atoms with Crippen LogP contribution in [0.2, 0.25) is 0 Å². The fraction of sp³-hybridized carbons (Fsp3) is 0.0455. The quantitative estimate of drug-likeness (QED) is 0.167. The Labute approximate surface area is 190 Å². The second kappa shape index (κ2) is 9.01. The van der Waals surface area contributed by atoms with Crippen molar-refractivity contribution in [3.8, 4) is 11.5 Å². The summed E-state index contributed by atoms with van der Waals surface area (Å²) >= 11 is 0.735. The molecule has 166 valence electrons. The number of nitrogens with zero attached hydrogens (tertiary/aromatic N) is 2. The summed E-state index contributed by atoms with van der Waals surface area (Å²) in [5.41, 5.74) is 0.601. The highest BCUT2D eigenvalue weighted by atomic mass is 32.2. The van der Waals surface area contributed by atoms with E-state index in [-0.39, 0.29) is 33.5 Å². The monoisotopic (exact) mass is 466 g/mol. The Morgan fingerprint density at radius 3 is 2.52 bits per heavy atom. The molecule has 0 aliphatic carbocycles. The number of ether oxygens (including phenoxy) is 2. The van der Waals surface area contributed by atoms with Crippen LogP contribution in [0.4, 0.5) is 16.2 Å².